The fourth-order valence-electron chi connectivity index (χ4n) is 2.90. The zero-order chi connectivity index (χ0) is 14.6. The third-order valence-corrected chi connectivity index (χ3v) is 4.56. The number of fused-ring (bicyclic) bond motifs is 2. The van der Waals surface area contributed by atoms with E-state index in [1.165, 1.54) is 6.07 Å². The van der Waals surface area contributed by atoms with Crippen molar-refractivity contribution in [2.45, 2.75) is 5.60 Å². The summed E-state index contributed by atoms with van der Waals surface area (Å²) in [5.74, 6) is 0.988. The highest BCUT2D eigenvalue weighted by molar-refractivity contribution is 9.10. The average molecular weight is 350 g/mol. The van der Waals surface area contributed by atoms with Crippen molar-refractivity contribution < 1.29 is 19.7 Å². The van der Waals surface area contributed by atoms with Gasteiger partial charge in [-0.15, -0.1) is 0 Å². The van der Waals surface area contributed by atoms with E-state index in [1.807, 2.05) is 18.2 Å². The summed E-state index contributed by atoms with van der Waals surface area (Å²) in [7, 11) is 0. The Morgan fingerprint density at radius 3 is 2.76 bits per heavy atom. The van der Waals surface area contributed by atoms with Crippen LogP contribution in [-0.2, 0) is 5.60 Å². The van der Waals surface area contributed by atoms with Crippen LogP contribution in [0.2, 0.25) is 0 Å². The Kier molecular flexibility index (Phi) is 2.61. The largest absolute Gasteiger partial charge is 0.507 e. The van der Waals surface area contributed by atoms with E-state index in [4.69, 9.17) is 9.47 Å². The maximum absolute atomic E-state index is 11.2. The number of β-amino-alcohol motifs (C(OH)–C–C–N with tert-alkyl or cyclic N) is 1. The van der Waals surface area contributed by atoms with Gasteiger partial charge in [-0.2, -0.15) is 0 Å². The third-order valence-electron chi connectivity index (χ3n) is 3.90. The minimum absolute atomic E-state index is 0.0212. The Balaban J connectivity index is 1.93. The Bertz CT molecular complexity index is 749. The number of hydrogen-bond acceptors (Lipinski definition) is 5. The molecule has 5 nitrogen and oxygen atoms in total. The number of benzene rings is 2. The number of halogens is 1. The molecule has 108 valence electrons. The van der Waals surface area contributed by atoms with E-state index in [-0.39, 0.29) is 19.1 Å². The smallest absolute Gasteiger partial charge is 0.231 e. The lowest BCUT2D eigenvalue weighted by Crippen LogP contribution is -2.29. The van der Waals surface area contributed by atoms with Crippen molar-refractivity contribution in [3.8, 4) is 17.2 Å². The van der Waals surface area contributed by atoms with Crippen LogP contribution >= 0.6 is 15.9 Å². The van der Waals surface area contributed by atoms with Gasteiger partial charge in [0.1, 0.15) is 11.4 Å². The monoisotopic (exact) mass is 349 g/mol. The van der Waals surface area contributed by atoms with Crippen molar-refractivity contribution in [1.82, 2.24) is 0 Å². The predicted octanol–water partition coefficient (Wildman–Crippen LogP) is 2.54. The van der Waals surface area contributed by atoms with Gasteiger partial charge in [-0.05, 0) is 18.2 Å². The second-order valence-corrected chi connectivity index (χ2v) is 5.95. The first kappa shape index (κ1) is 12.8. The van der Waals surface area contributed by atoms with Gasteiger partial charge < -0.3 is 25.0 Å². The molecule has 1 unspecified atom stereocenters. The molecule has 1 atom stereocenters. The zero-order valence-corrected chi connectivity index (χ0v) is 12.5. The average Bonchev–Trinajstić information content (AvgIpc) is 3.04. The number of ether oxygens (including phenoxy) is 2. The maximum Gasteiger partial charge on any atom is 0.231 e. The Labute approximate surface area is 129 Å². The SMILES string of the molecule is Oc1cc2c(cc1C1(O)CNc3cccc(Br)c31)OCO2. The summed E-state index contributed by atoms with van der Waals surface area (Å²) in [4.78, 5) is 0. The van der Waals surface area contributed by atoms with Gasteiger partial charge in [0.05, 0.1) is 6.54 Å². The van der Waals surface area contributed by atoms with E-state index in [9.17, 15) is 10.2 Å². The summed E-state index contributed by atoms with van der Waals surface area (Å²) in [6.45, 7) is 0.396. The van der Waals surface area contributed by atoms with Crippen molar-refractivity contribution in [3.63, 3.8) is 0 Å². The minimum atomic E-state index is -1.33. The maximum atomic E-state index is 11.2. The summed E-state index contributed by atoms with van der Waals surface area (Å²) in [6.07, 6.45) is 0. The van der Waals surface area contributed by atoms with Gasteiger partial charge in [0, 0.05) is 27.4 Å². The highest BCUT2D eigenvalue weighted by Crippen LogP contribution is 2.49. The highest BCUT2D eigenvalue weighted by Gasteiger charge is 2.43. The number of anilines is 1. The molecule has 4 rings (SSSR count). The number of phenols is 1. The van der Waals surface area contributed by atoms with E-state index in [0.29, 0.717) is 22.6 Å². The first-order valence-corrected chi connectivity index (χ1v) is 7.27. The molecule has 0 aliphatic carbocycles. The number of rotatable bonds is 1. The molecular formula is C15H12BrNO4. The number of aliphatic hydroxyl groups is 1. The quantitative estimate of drug-likeness (QED) is 0.737. The second-order valence-electron chi connectivity index (χ2n) is 5.10. The van der Waals surface area contributed by atoms with Gasteiger partial charge in [-0.1, -0.05) is 22.0 Å². The van der Waals surface area contributed by atoms with Crippen LogP contribution in [-0.4, -0.2) is 23.6 Å². The van der Waals surface area contributed by atoms with E-state index >= 15 is 0 Å². The Morgan fingerprint density at radius 1 is 1.19 bits per heavy atom. The number of hydrogen-bond donors (Lipinski definition) is 3. The van der Waals surface area contributed by atoms with Crippen molar-refractivity contribution in [1.29, 1.82) is 0 Å². The highest BCUT2D eigenvalue weighted by atomic mass is 79.9. The van der Waals surface area contributed by atoms with Crippen LogP contribution in [0.4, 0.5) is 5.69 Å². The topological polar surface area (TPSA) is 71.0 Å². The van der Waals surface area contributed by atoms with Crippen LogP contribution in [0.15, 0.2) is 34.8 Å². The summed E-state index contributed by atoms with van der Waals surface area (Å²) >= 11 is 3.47. The normalized spacial score (nSPS) is 22.0. The lowest BCUT2D eigenvalue weighted by molar-refractivity contribution is 0.0989. The van der Waals surface area contributed by atoms with Gasteiger partial charge in [0.2, 0.25) is 6.79 Å². The number of phenolic OH excluding ortho intramolecular Hbond substituents is 1. The van der Waals surface area contributed by atoms with Gasteiger partial charge in [0.25, 0.3) is 0 Å². The van der Waals surface area contributed by atoms with Gasteiger partial charge in [0.15, 0.2) is 11.5 Å². The van der Waals surface area contributed by atoms with E-state index in [2.05, 4.69) is 21.2 Å². The van der Waals surface area contributed by atoms with E-state index in [1.54, 1.807) is 6.07 Å². The Hall–Kier alpha value is -1.92. The molecule has 2 aromatic carbocycles. The van der Waals surface area contributed by atoms with Crippen LogP contribution in [0.3, 0.4) is 0 Å². The molecule has 0 aromatic heterocycles. The molecule has 0 radical (unpaired) electrons. The van der Waals surface area contributed by atoms with Gasteiger partial charge >= 0.3 is 0 Å². The molecular weight excluding hydrogens is 338 g/mol. The molecule has 0 spiro atoms. The Morgan fingerprint density at radius 2 is 1.95 bits per heavy atom. The molecule has 0 amide bonds. The fourth-order valence-corrected chi connectivity index (χ4v) is 3.59. The van der Waals surface area contributed by atoms with Crippen LogP contribution in [0.1, 0.15) is 11.1 Å². The first-order valence-electron chi connectivity index (χ1n) is 6.48. The molecule has 2 heterocycles. The molecule has 3 N–H and O–H groups in total. The molecule has 2 aliphatic rings. The third kappa shape index (κ3) is 1.72. The predicted molar refractivity (Wildman–Crippen MR) is 79.9 cm³/mol. The molecule has 6 heteroatoms. The van der Waals surface area contributed by atoms with Crippen molar-refractivity contribution in [2.24, 2.45) is 0 Å². The lowest BCUT2D eigenvalue weighted by atomic mass is 9.87. The molecule has 21 heavy (non-hydrogen) atoms. The minimum Gasteiger partial charge on any atom is -0.507 e. The van der Waals surface area contributed by atoms with Gasteiger partial charge in [-0.25, -0.2) is 0 Å². The van der Waals surface area contributed by atoms with Gasteiger partial charge in [-0.3, -0.25) is 0 Å². The summed E-state index contributed by atoms with van der Waals surface area (Å²) in [6, 6.07) is 8.75. The lowest BCUT2D eigenvalue weighted by Gasteiger charge is -2.25. The van der Waals surface area contributed by atoms with Crippen molar-refractivity contribution >= 4 is 21.6 Å². The van der Waals surface area contributed by atoms with E-state index < -0.39 is 5.60 Å². The zero-order valence-electron chi connectivity index (χ0n) is 10.9. The van der Waals surface area contributed by atoms with Crippen molar-refractivity contribution in [2.75, 3.05) is 18.7 Å². The first-order chi connectivity index (χ1) is 10.1. The summed E-state index contributed by atoms with van der Waals surface area (Å²) in [5.41, 5.74) is 0.605. The molecule has 0 fully saturated rings. The number of aromatic hydroxyl groups is 1. The van der Waals surface area contributed by atoms with Crippen LogP contribution < -0.4 is 14.8 Å². The summed E-state index contributed by atoms with van der Waals surface area (Å²) < 4.78 is 11.4. The summed E-state index contributed by atoms with van der Waals surface area (Å²) in [5, 5.41) is 24.6. The molecule has 0 saturated heterocycles. The standard InChI is InChI=1S/C15H12BrNO4/c16-9-2-1-3-10-14(9)15(19,6-17-10)8-4-12-13(5-11(8)18)21-7-20-12/h1-5,17-19H,6-7H2. The molecule has 0 saturated carbocycles. The second kappa shape index (κ2) is 4.29. The van der Waals surface area contributed by atoms with Crippen molar-refractivity contribution in [3.05, 3.63) is 45.9 Å². The number of nitrogens with one attached hydrogen (secondary N) is 1. The fraction of sp³-hybridized carbons (Fsp3) is 0.200. The van der Waals surface area contributed by atoms with Crippen LogP contribution in [0, 0.1) is 0 Å². The van der Waals surface area contributed by atoms with Crippen LogP contribution in [0.5, 0.6) is 17.2 Å². The molecule has 2 aromatic rings. The molecule has 0 bridgehead atoms. The molecule has 2 aliphatic heterocycles. The van der Waals surface area contributed by atoms with Crippen LogP contribution in [0.25, 0.3) is 0 Å². The van der Waals surface area contributed by atoms with E-state index in [0.717, 1.165) is 10.2 Å².